The molecule has 1 aliphatic rings. The highest BCUT2D eigenvalue weighted by Gasteiger charge is 2.24. The molecule has 104 valence electrons. The Morgan fingerprint density at radius 3 is 2.90 bits per heavy atom. The van der Waals surface area contributed by atoms with E-state index in [-0.39, 0.29) is 11.5 Å². The molecule has 0 fully saturated rings. The first kappa shape index (κ1) is 13.1. The molecule has 2 aromatic rings. The van der Waals surface area contributed by atoms with Gasteiger partial charge in [-0.15, -0.1) is 0 Å². The molecule has 1 aromatic heterocycles. The van der Waals surface area contributed by atoms with Gasteiger partial charge < -0.3 is 9.72 Å². The minimum Gasteiger partial charge on any atom is -0.384 e. The summed E-state index contributed by atoms with van der Waals surface area (Å²) in [4.78, 5) is 19.9. The molecule has 1 unspecified atom stereocenters. The molecule has 0 amide bonds. The van der Waals surface area contributed by atoms with Crippen molar-refractivity contribution in [3.8, 4) is 11.4 Å². The molecular formula is C16H18N2O2. The topological polar surface area (TPSA) is 55.0 Å². The van der Waals surface area contributed by atoms with Crippen molar-refractivity contribution < 1.29 is 4.74 Å². The number of H-pyrrole nitrogens is 1. The summed E-state index contributed by atoms with van der Waals surface area (Å²) >= 11 is 0. The van der Waals surface area contributed by atoms with Crippen molar-refractivity contribution in [2.24, 2.45) is 0 Å². The molecular weight excluding hydrogens is 252 g/mol. The van der Waals surface area contributed by atoms with Gasteiger partial charge in [0.25, 0.3) is 5.56 Å². The Bertz CT molecular complexity index is 649. The van der Waals surface area contributed by atoms with E-state index in [2.05, 4.69) is 4.98 Å². The van der Waals surface area contributed by atoms with Crippen LogP contribution in [0.1, 0.15) is 30.0 Å². The van der Waals surface area contributed by atoms with Crippen LogP contribution in [-0.2, 0) is 11.2 Å². The second-order valence-electron chi connectivity index (χ2n) is 5.19. The number of aromatic amines is 1. The fraction of sp³-hybridized carbons (Fsp3) is 0.375. The van der Waals surface area contributed by atoms with Gasteiger partial charge in [0.05, 0.1) is 12.3 Å². The zero-order valence-corrected chi connectivity index (χ0v) is 11.6. The van der Waals surface area contributed by atoms with Crippen molar-refractivity contribution in [1.29, 1.82) is 0 Å². The van der Waals surface area contributed by atoms with Crippen LogP contribution in [0.15, 0.2) is 35.1 Å². The van der Waals surface area contributed by atoms with Gasteiger partial charge in [0.2, 0.25) is 0 Å². The Morgan fingerprint density at radius 1 is 1.35 bits per heavy atom. The van der Waals surface area contributed by atoms with Crippen LogP contribution in [-0.4, -0.2) is 23.7 Å². The smallest absolute Gasteiger partial charge is 0.254 e. The summed E-state index contributed by atoms with van der Waals surface area (Å²) in [6.07, 6.45) is 2.87. The third kappa shape index (κ3) is 2.39. The van der Waals surface area contributed by atoms with Gasteiger partial charge in [-0.2, -0.15) is 0 Å². The van der Waals surface area contributed by atoms with E-state index >= 15 is 0 Å². The molecule has 4 nitrogen and oxygen atoms in total. The van der Waals surface area contributed by atoms with Crippen molar-refractivity contribution in [2.45, 2.75) is 25.2 Å². The predicted octanol–water partition coefficient (Wildman–Crippen LogP) is 2.50. The van der Waals surface area contributed by atoms with E-state index in [4.69, 9.17) is 9.72 Å². The molecule has 1 atom stereocenters. The van der Waals surface area contributed by atoms with E-state index in [1.54, 1.807) is 7.11 Å². The van der Waals surface area contributed by atoms with Gasteiger partial charge in [0.15, 0.2) is 0 Å². The lowest BCUT2D eigenvalue weighted by molar-refractivity contribution is 0.170. The van der Waals surface area contributed by atoms with E-state index in [1.807, 2.05) is 30.3 Å². The van der Waals surface area contributed by atoms with Gasteiger partial charge in [-0.3, -0.25) is 4.79 Å². The van der Waals surface area contributed by atoms with Crippen LogP contribution in [0.25, 0.3) is 11.4 Å². The highest BCUT2D eigenvalue weighted by molar-refractivity contribution is 5.55. The molecule has 0 bridgehead atoms. The maximum absolute atomic E-state index is 12.3. The number of aromatic nitrogens is 2. The summed E-state index contributed by atoms with van der Waals surface area (Å²) in [5.41, 5.74) is 2.68. The summed E-state index contributed by atoms with van der Waals surface area (Å²) < 4.78 is 5.27. The molecule has 4 heteroatoms. The van der Waals surface area contributed by atoms with Crippen molar-refractivity contribution in [1.82, 2.24) is 9.97 Å². The Labute approximate surface area is 117 Å². The third-order valence-electron chi connectivity index (χ3n) is 3.83. The second kappa shape index (κ2) is 5.59. The van der Waals surface area contributed by atoms with Crippen LogP contribution < -0.4 is 5.56 Å². The number of methoxy groups -OCH3 is 1. The van der Waals surface area contributed by atoms with Crippen molar-refractivity contribution >= 4 is 0 Å². The van der Waals surface area contributed by atoms with Crippen LogP contribution in [0.3, 0.4) is 0 Å². The maximum atomic E-state index is 12.3. The normalized spacial score (nSPS) is 17.8. The Balaban J connectivity index is 2.10. The second-order valence-corrected chi connectivity index (χ2v) is 5.19. The van der Waals surface area contributed by atoms with E-state index in [1.165, 1.54) is 0 Å². The first-order valence-electron chi connectivity index (χ1n) is 6.97. The molecule has 1 aromatic carbocycles. The molecule has 1 heterocycles. The number of rotatable bonds is 3. The van der Waals surface area contributed by atoms with Crippen LogP contribution >= 0.6 is 0 Å². The SMILES string of the molecule is COCC1CCCc2c1nc(-c1ccccc1)[nH]c2=O. The molecule has 0 saturated carbocycles. The van der Waals surface area contributed by atoms with Gasteiger partial charge in [-0.25, -0.2) is 4.98 Å². The number of ether oxygens (including phenoxy) is 1. The van der Waals surface area contributed by atoms with Gasteiger partial charge in [-0.1, -0.05) is 30.3 Å². The fourth-order valence-electron chi connectivity index (χ4n) is 2.85. The molecule has 20 heavy (non-hydrogen) atoms. The van der Waals surface area contributed by atoms with Gasteiger partial charge in [0.1, 0.15) is 5.82 Å². The lowest BCUT2D eigenvalue weighted by Gasteiger charge is -2.23. The van der Waals surface area contributed by atoms with Crippen molar-refractivity contribution in [3.05, 3.63) is 51.9 Å². The Hall–Kier alpha value is -1.94. The number of fused-ring (bicyclic) bond motifs is 1. The summed E-state index contributed by atoms with van der Waals surface area (Å²) in [6, 6.07) is 9.76. The maximum Gasteiger partial charge on any atom is 0.254 e. The van der Waals surface area contributed by atoms with Crippen LogP contribution in [0.4, 0.5) is 0 Å². The molecule has 0 spiro atoms. The Kier molecular flexibility index (Phi) is 3.65. The molecule has 1 aliphatic carbocycles. The van der Waals surface area contributed by atoms with Crippen molar-refractivity contribution in [2.75, 3.05) is 13.7 Å². The van der Waals surface area contributed by atoms with E-state index in [0.717, 1.165) is 36.1 Å². The number of nitrogens with zero attached hydrogens (tertiary/aromatic N) is 1. The highest BCUT2D eigenvalue weighted by Crippen LogP contribution is 2.29. The first-order chi connectivity index (χ1) is 9.79. The minimum absolute atomic E-state index is 0.00495. The van der Waals surface area contributed by atoms with Crippen LogP contribution in [0.5, 0.6) is 0 Å². The van der Waals surface area contributed by atoms with E-state index in [9.17, 15) is 4.79 Å². The highest BCUT2D eigenvalue weighted by atomic mass is 16.5. The summed E-state index contributed by atoms with van der Waals surface area (Å²) in [5.74, 6) is 0.880. The monoisotopic (exact) mass is 270 g/mol. The summed E-state index contributed by atoms with van der Waals surface area (Å²) in [6.45, 7) is 0.623. The molecule has 3 rings (SSSR count). The average Bonchev–Trinajstić information content (AvgIpc) is 2.49. The fourth-order valence-corrected chi connectivity index (χ4v) is 2.85. The van der Waals surface area contributed by atoms with Crippen LogP contribution in [0.2, 0.25) is 0 Å². The molecule has 1 N–H and O–H groups in total. The Morgan fingerprint density at radius 2 is 2.15 bits per heavy atom. The number of nitrogens with one attached hydrogen (secondary N) is 1. The van der Waals surface area contributed by atoms with E-state index < -0.39 is 0 Å². The quantitative estimate of drug-likeness (QED) is 0.932. The molecule has 0 saturated heterocycles. The van der Waals surface area contributed by atoms with Gasteiger partial charge in [0, 0.05) is 24.2 Å². The van der Waals surface area contributed by atoms with Crippen molar-refractivity contribution in [3.63, 3.8) is 0 Å². The third-order valence-corrected chi connectivity index (χ3v) is 3.83. The number of benzene rings is 1. The van der Waals surface area contributed by atoms with E-state index in [0.29, 0.717) is 12.4 Å². The zero-order chi connectivity index (χ0) is 13.9. The predicted molar refractivity (Wildman–Crippen MR) is 77.8 cm³/mol. The van der Waals surface area contributed by atoms with Crippen LogP contribution in [0, 0.1) is 0 Å². The zero-order valence-electron chi connectivity index (χ0n) is 11.6. The molecule has 0 aliphatic heterocycles. The lowest BCUT2D eigenvalue weighted by Crippen LogP contribution is -2.25. The largest absolute Gasteiger partial charge is 0.384 e. The van der Waals surface area contributed by atoms with Gasteiger partial charge in [-0.05, 0) is 19.3 Å². The summed E-state index contributed by atoms with van der Waals surface area (Å²) in [5, 5.41) is 0. The molecule has 0 radical (unpaired) electrons. The first-order valence-corrected chi connectivity index (χ1v) is 6.97. The summed E-state index contributed by atoms with van der Waals surface area (Å²) in [7, 11) is 1.69. The standard InChI is InChI=1S/C16H18N2O2/c1-20-10-12-8-5-9-13-14(12)17-15(18-16(13)19)11-6-3-2-4-7-11/h2-4,6-7,12H,5,8-10H2,1H3,(H,17,18,19). The number of hydrogen-bond donors (Lipinski definition) is 1. The lowest BCUT2D eigenvalue weighted by atomic mass is 9.87. The van der Waals surface area contributed by atoms with Gasteiger partial charge >= 0.3 is 0 Å². The average molecular weight is 270 g/mol. The number of hydrogen-bond acceptors (Lipinski definition) is 3. The minimum atomic E-state index is -0.00495.